The lowest BCUT2D eigenvalue weighted by Crippen LogP contribution is -2.38. The number of nitrogens with one attached hydrogen (secondary N) is 2. The molecule has 6 nitrogen and oxygen atoms in total. The van der Waals surface area contributed by atoms with Crippen LogP contribution in [0.15, 0.2) is 60.9 Å². The number of nitrogens with zero attached hydrogens (tertiary/aromatic N) is 2. The summed E-state index contributed by atoms with van der Waals surface area (Å²) in [5, 5.41) is 1.20. The second kappa shape index (κ2) is 8.07. The number of carbonyl (C=O) groups excluding carboxylic acids is 1. The number of hydrogen-bond donors (Lipinski definition) is 2. The summed E-state index contributed by atoms with van der Waals surface area (Å²) in [6.45, 7) is 1.43. The maximum atomic E-state index is 13.3. The van der Waals surface area contributed by atoms with Gasteiger partial charge in [-0.1, -0.05) is 18.2 Å². The van der Waals surface area contributed by atoms with Gasteiger partial charge in [-0.3, -0.25) is 9.36 Å². The minimum absolute atomic E-state index is 0.00949. The van der Waals surface area contributed by atoms with Crippen molar-refractivity contribution in [2.75, 3.05) is 20.2 Å². The lowest BCUT2D eigenvalue weighted by atomic mass is 9.89. The zero-order valence-electron chi connectivity index (χ0n) is 17.3. The van der Waals surface area contributed by atoms with E-state index in [1.54, 1.807) is 13.3 Å². The molecule has 158 valence electrons. The number of H-pyrrole nitrogens is 2. The summed E-state index contributed by atoms with van der Waals surface area (Å²) < 4.78 is 7.74. The van der Waals surface area contributed by atoms with Crippen LogP contribution in [0.3, 0.4) is 0 Å². The van der Waals surface area contributed by atoms with Crippen LogP contribution in [0, 0.1) is 4.77 Å². The Balaban J connectivity index is 1.35. The minimum Gasteiger partial charge on any atom is -0.497 e. The van der Waals surface area contributed by atoms with E-state index in [0.717, 1.165) is 29.8 Å². The van der Waals surface area contributed by atoms with Crippen LogP contribution in [-0.4, -0.2) is 45.5 Å². The summed E-state index contributed by atoms with van der Waals surface area (Å²) in [5.41, 5.74) is 3.88. The van der Waals surface area contributed by atoms with Crippen LogP contribution in [0.25, 0.3) is 16.6 Å². The van der Waals surface area contributed by atoms with Crippen molar-refractivity contribution in [1.82, 2.24) is 19.4 Å². The quantitative estimate of drug-likeness (QED) is 0.444. The van der Waals surface area contributed by atoms with E-state index in [1.165, 1.54) is 10.9 Å². The Bertz CT molecular complexity index is 1280. The number of carbonyl (C=O) groups is 1. The number of aromatic nitrogens is 3. The molecule has 0 saturated carbocycles. The first kappa shape index (κ1) is 19.6. The number of rotatable bonds is 4. The predicted molar refractivity (Wildman–Crippen MR) is 124 cm³/mol. The van der Waals surface area contributed by atoms with Gasteiger partial charge >= 0.3 is 0 Å². The Morgan fingerprint density at radius 3 is 2.58 bits per heavy atom. The zero-order valence-corrected chi connectivity index (χ0v) is 18.1. The highest BCUT2D eigenvalue weighted by molar-refractivity contribution is 7.71. The van der Waals surface area contributed by atoms with Gasteiger partial charge in [-0.25, -0.2) is 0 Å². The third-order valence-corrected chi connectivity index (χ3v) is 6.45. The number of imidazole rings is 1. The molecule has 0 aliphatic carbocycles. The predicted octanol–water partition coefficient (Wildman–Crippen LogP) is 5.04. The van der Waals surface area contributed by atoms with E-state index in [0.29, 0.717) is 29.5 Å². The molecule has 2 aromatic heterocycles. The monoisotopic (exact) mass is 432 g/mol. The van der Waals surface area contributed by atoms with Gasteiger partial charge in [-0.15, -0.1) is 0 Å². The van der Waals surface area contributed by atoms with Gasteiger partial charge in [0.1, 0.15) is 11.4 Å². The average molecular weight is 433 g/mol. The number of hydrogen-bond acceptors (Lipinski definition) is 3. The molecule has 2 aromatic carbocycles. The highest BCUT2D eigenvalue weighted by Crippen LogP contribution is 2.35. The van der Waals surface area contributed by atoms with Crippen LogP contribution in [0.5, 0.6) is 5.75 Å². The van der Waals surface area contributed by atoms with Gasteiger partial charge in [0, 0.05) is 42.1 Å². The van der Waals surface area contributed by atoms with Crippen molar-refractivity contribution in [2.45, 2.75) is 18.8 Å². The second-order valence-electron chi connectivity index (χ2n) is 7.87. The van der Waals surface area contributed by atoms with Gasteiger partial charge in [-0.05, 0) is 66.9 Å². The molecule has 1 aliphatic heterocycles. The molecule has 5 rings (SSSR count). The number of para-hydroxylation sites is 1. The Morgan fingerprint density at radius 2 is 1.84 bits per heavy atom. The van der Waals surface area contributed by atoms with Gasteiger partial charge in [0.05, 0.1) is 7.11 Å². The average Bonchev–Trinajstić information content (AvgIpc) is 3.42. The summed E-state index contributed by atoms with van der Waals surface area (Å²) in [7, 11) is 1.69. The molecule has 0 unspecified atom stereocenters. The highest BCUT2D eigenvalue weighted by Gasteiger charge is 2.28. The van der Waals surface area contributed by atoms with Crippen molar-refractivity contribution in [3.63, 3.8) is 0 Å². The van der Waals surface area contributed by atoms with Crippen molar-refractivity contribution in [3.05, 3.63) is 77.0 Å². The van der Waals surface area contributed by atoms with Crippen LogP contribution >= 0.6 is 12.2 Å². The van der Waals surface area contributed by atoms with Crippen LogP contribution in [0.2, 0.25) is 0 Å². The van der Waals surface area contributed by atoms with E-state index >= 15 is 0 Å². The first-order valence-corrected chi connectivity index (χ1v) is 10.9. The van der Waals surface area contributed by atoms with E-state index in [2.05, 4.69) is 28.3 Å². The minimum atomic E-state index is 0.00949. The number of aromatic amines is 2. The third kappa shape index (κ3) is 3.55. The molecule has 1 fully saturated rings. The number of fused-ring (bicyclic) bond motifs is 1. The van der Waals surface area contributed by atoms with Gasteiger partial charge in [0.15, 0.2) is 4.77 Å². The van der Waals surface area contributed by atoms with Crippen molar-refractivity contribution < 1.29 is 9.53 Å². The van der Waals surface area contributed by atoms with Gasteiger partial charge < -0.3 is 19.6 Å². The largest absolute Gasteiger partial charge is 0.497 e. The van der Waals surface area contributed by atoms with Crippen molar-refractivity contribution >= 4 is 29.0 Å². The zero-order chi connectivity index (χ0) is 21.4. The van der Waals surface area contributed by atoms with Gasteiger partial charge in [0.2, 0.25) is 0 Å². The fourth-order valence-electron chi connectivity index (χ4n) is 4.50. The molecule has 0 radical (unpaired) electrons. The fourth-order valence-corrected chi connectivity index (χ4v) is 4.76. The first-order valence-electron chi connectivity index (χ1n) is 10.5. The molecular formula is C24H24N4O2S. The second-order valence-corrected chi connectivity index (χ2v) is 8.26. The summed E-state index contributed by atoms with van der Waals surface area (Å²) in [6.07, 6.45) is 5.67. The Hall–Kier alpha value is -3.32. The molecular weight excluding hydrogens is 408 g/mol. The SMILES string of the molecule is COc1ccc2[nH]cc(C3CCN(C(=O)c4c[nH]c(=S)n4-c4ccccc4)CC3)c2c1. The molecule has 1 aliphatic rings. The summed E-state index contributed by atoms with van der Waals surface area (Å²) in [4.78, 5) is 21.6. The molecule has 7 heteroatoms. The summed E-state index contributed by atoms with van der Waals surface area (Å²) in [5.74, 6) is 1.28. The van der Waals surface area contributed by atoms with E-state index in [1.807, 2.05) is 45.9 Å². The molecule has 0 spiro atoms. The van der Waals surface area contributed by atoms with Crippen LogP contribution in [-0.2, 0) is 0 Å². The van der Waals surface area contributed by atoms with E-state index in [4.69, 9.17) is 17.0 Å². The van der Waals surface area contributed by atoms with Gasteiger partial charge in [-0.2, -0.15) is 0 Å². The van der Waals surface area contributed by atoms with Crippen molar-refractivity contribution in [1.29, 1.82) is 0 Å². The third-order valence-electron chi connectivity index (χ3n) is 6.15. The lowest BCUT2D eigenvalue weighted by Gasteiger charge is -2.32. The topological polar surface area (TPSA) is 66.0 Å². The first-order chi connectivity index (χ1) is 15.2. The summed E-state index contributed by atoms with van der Waals surface area (Å²) in [6, 6.07) is 15.9. The number of benzene rings is 2. The molecule has 3 heterocycles. The number of likely N-dealkylation sites (tertiary alicyclic amines) is 1. The Morgan fingerprint density at radius 1 is 1.06 bits per heavy atom. The standard InChI is InChI=1S/C24H24N4O2S/c1-30-18-7-8-21-19(13-18)20(14-25-21)16-9-11-27(12-10-16)23(29)22-15-26-24(31)28(22)17-5-3-2-4-6-17/h2-8,13-16,25H,9-12H2,1H3,(H,26,31). The number of ether oxygens (including phenoxy) is 1. The molecule has 4 aromatic rings. The van der Waals surface area contributed by atoms with Crippen LogP contribution < -0.4 is 4.74 Å². The number of piperidine rings is 1. The molecule has 0 atom stereocenters. The van der Waals surface area contributed by atoms with E-state index in [-0.39, 0.29) is 5.91 Å². The maximum absolute atomic E-state index is 13.3. The molecule has 1 saturated heterocycles. The maximum Gasteiger partial charge on any atom is 0.272 e. The van der Waals surface area contributed by atoms with E-state index in [9.17, 15) is 4.79 Å². The molecule has 1 amide bonds. The lowest BCUT2D eigenvalue weighted by molar-refractivity contribution is 0.0705. The molecule has 0 bridgehead atoms. The van der Waals surface area contributed by atoms with Gasteiger partial charge in [0.25, 0.3) is 5.91 Å². The number of amides is 1. The van der Waals surface area contributed by atoms with E-state index < -0.39 is 0 Å². The smallest absolute Gasteiger partial charge is 0.272 e. The fraction of sp³-hybridized carbons (Fsp3) is 0.250. The number of methoxy groups -OCH3 is 1. The van der Waals surface area contributed by atoms with Crippen LogP contribution in [0.1, 0.15) is 34.8 Å². The normalized spacial score (nSPS) is 14.8. The van der Waals surface area contributed by atoms with Crippen LogP contribution in [0.4, 0.5) is 0 Å². The molecule has 31 heavy (non-hydrogen) atoms. The summed E-state index contributed by atoms with van der Waals surface area (Å²) >= 11 is 5.44. The molecule has 2 N–H and O–H groups in total. The van der Waals surface area contributed by atoms with Crippen molar-refractivity contribution in [3.8, 4) is 11.4 Å². The van der Waals surface area contributed by atoms with Crippen molar-refractivity contribution in [2.24, 2.45) is 0 Å². The highest BCUT2D eigenvalue weighted by atomic mass is 32.1. The Labute approximate surface area is 185 Å². The Kier molecular flexibility index (Phi) is 5.11.